The average Bonchev–Trinajstić information content (AvgIpc) is 2.64. The number of nitrogens with zero attached hydrogens (tertiary/aromatic N) is 1. The standard InChI is InChI=1S/C13H21IN2O3/c1-7(2)10(15-12(18)11(14)17)13(19)16-8(3)5-6-9(16)4/h7-10H,5-6H2,1-4H3,(H,15,18)/t8-,9+,10-/m1/s1. The van der Waals surface area contributed by atoms with Crippen LogP contribution < -0.4 is 5.32 Å². The molecule has 1 N–H and O–H groups in total. The number of amides is 2. The van der Waals surface area contributed by atoms with Crippen molar-refractivity contribution in [3.63, 3.8) is 0 Å². The Kier molecular flexibility index (Phi) is 5.76. The Labute approximate surface area is 127 Å². The van der Waals surface area contributed by atoms with Gasteiger partial charge in [0.25, 0.3) is 9.70 Å². The van der Waals surface area contributed by atoms with E-state index in [-0.39, 0.29) is 23.9 Å². The van der Waals surface area contributed by atoms with Crippen LogP contribution >= 0.6 is 22.6 Å². The molecule has 19 heavy (non-hydrogen) atoms. The summed E-state index contributed by atoms with van der Waals surface area (Å²) in [6.07, 6.45) is 1.97. The number of nitrogens with one attached hydrogen (secondary N) is 1. The van der Waals surface area contributed by atoms with E-state index in [4.69, 9.17) is 0 Å². The molecule has 0 saturated carbocycles. The molecule has 0 aromatic heterocycles. The number of likely N-dealkylation sites (tertiary alicyclic amines) is 1. The summed E-state index contributed by atoms with van der Waals surface area (Å²) in [7, 11) is 0. The third-order valence-corrected chi connectivity index (χ3v) is 4.09. The molecule has 0 radical (unpaired) electrons. The Morgan fingerprint density at radius 1 is 1.16 bits per heavy atom. The maximum absolute atomic E-state index is 12.6. The van der Waals surface area contributed by atoms with Gasteiger partial charge in [0, 0.05) is 34.7 Å². The molecule has 1 heterocycles. The van der Waals surface area contributed by atoms with Crippen molar-refractivity contribution in [1.82, 2.24) is 10.2 Å². The summed E-state index contributed by atoms with van der Waals surface area (Å²) in [4.78, 5) is 36.9. The highest BCUT2D eigenvalue weighted by atomic mass is 127. The summed E-state index contributed by atoms with van der Waals surface area (Å²) >= 11 is 1.43. The van der Waals surface area contributed by atoms with Crippen LogP contribution in [0.2, 0.25) is 0 Å². The van der Waals surface area contributed by atoms with E-state index in [1.54, 1.807) is 0 Å². The van der Waals surface area contributed by atoms with Crippen LogP contribution in [0.15, 0.2) is 0 Å². The van der Waals surface area contributed by atoms with Crippen molar-refractivity contribution < 1.29 is 14.4 Å². The minimum absolute atomic E-state index is 0.0489. The van der Waals surface area contributed by atoms with Gasteiger partial charge in [0.05, 0.1) is 0 Å². The van der Waals surface area contributed by atoms with Gasteiger partial charge >= 0.3 is 0 Å². The van der Waals surface area contributed by atoms with E-state index in [1.807, 2.05) is 32.6 Å². The molecule has 2 amide bonds. The molecule has 1 aliphatic rings. The van der Waals surface area contributed by atoms with Crippen molar-refractivity contribution in [3.8, 4) is 0 Å². The highest BCUT2D eigenvalue weighted by molar-refractivity contribution is 14.1. The second-order valence-corrected chi connectivity index (χ2v) is 6.47. The first kappa shape index (κ1) is 16.4. The molecular weight excluding hydrogens is 359 g/mol. The molecule has 1 rings (SSSR count). The molecule has 1 saturated heterocycles. The fourth-order valence-corrected chi connectivity index (χ4v) is 2.66. The molecular formula is C13H21IN2O3. The van der Waals surface area contributed by atoms with E-state index in [9.17, 15) is 14.4 Å². The van der Waals surface area contributed by atoms with Gasteiger partial charge in [-0.1, -0.05) is 13.8 Å². The molecule has 0 bridgehead atoms. The van der Waals surface area contributed by atoms with E-state index in [2.05, 4.69) is 5.32 Å². The fourth-order valence-electron chi connectivity index (χ4n) is 2.50. The summed E-state index contributed by atoms with van der Waals surface area (Å²) in [5, 5.41) is 2.55. The molecule has 0 aliphatic carbocycles. The molecule has 3 atom stereocenters. The number of hydrogen-bond donors (Lipinski definition) is 1. The van der Waals surface area contributed by atoms with Gasteiger partial charge in [-0.25, -0.2) is 0 Å². The quantitative estimate of drug-likeness (QED) is 0.457. The Morgan fingerprint density at radius 3 is 2.00 bits per heavy atom. The van der Waals surface area contributed by atoms with Crippen molar-refractivity contribution in [1.29, 1.82) is 0 Å². The lowest BCUT2D eigenvalue weighted by Gasteiger charge is -2.32. The van der Waals surface area contributed by atoms with Gasteiger partial charge in [-0.2, -0.15) is 0 Å². The lowest BCUT2D eigenvalue weighted by atomic mass is 10.0. The van der Waals surface area contributed by atoms with Crippen LogP contribution in [0.1, 0.15) is 40.5 Å². The third-order valence-electron chi connectivity index (χ3n) is 3.60. The van der Waals surface area contributed by atoms with Crippen LogP contribution in [-0.2, 0) is 14.4 Å². The topological polar surface area (TPSA) is 66.5 Å². The highest BCUT2D eigenvalue weighted by Gasteiger charge is 2.37. The van der Waals surface area contributed by atoms with Gasteiger partial charge in [0.1, 0.15) is 6.04 Å². The van der Waals surface area contributed by atoms with Crippen LogP contribution in [-0.4, -0.2) is 38.6 Å². The van der Waals surface area contributed by atoms with Crippen molar-refractivity contribution in [2.24, 2.45) is 5.92 Å². The van der Waals surface area contributed by atoms with Crippen molar-refractivity contribution in [2.45, 2.75) is 58.7 Å². The lowest BCUT2D eigenvalue weighted by molar-refractivity contribution is -0.141. The monoisotopic (exact) mass is 380 g/mol. The van der Waals surface area contributed by atoms with Crippen LogP contribution in [0.3, 0.4) is 0 Å². The number of halogens is 1. The molecule has 1 aliphatic heterocycles. The van der Waals surface area contributed by atoms with E-state index < -0.39 is 15.7 Å². The van der Waals surface area contributed by atoms with Crippen LogP contribution in [0, 0.1) is 5.92 Å². The molecule has 0 unspecified atom stereocenters. The van der Waals surface area contributed by atoms with Gasteiger partial charge in [0.15, 0.2) is 0 Å². The Balaban J connectivity index is 2.84. The van der Waals surface area contributed by atoms with Gasteiger partial charge in [0.2, 0.25) is 5.91 Å². The second-order valence-electron chi connectivity index (χ2n) is 5.49. The molecule has 108 valence electrons. The minimum Gasteiger partial charge on any atom is -0.337 e. The number of carbonyl (C=O) groups excluding carboxylic acids is 3. The first-order valence-electron chi connectivity index (χ1n) is 6.58. The van der Waals surface area contributed by atoms with Crippen LogP contribution in [0.4, 0.5) is 0 Å². The Morgan fingerprint density at radius 2 is 1.63 bits per heavy atom. The van der Waals surface area contributed by atoms with Gasteiger partial charge in [-0.15, -0.1) is 0 Å². The maximum atomic E-state index is 12.6. The Hall–Kier alpha value is -0.660. The van der Waals surface area contributed by atoms with Crippen LogP contribution in [0.5, 0.6) is 0 Å². The first-order valence-corrected chi connectivity index (χ1v) is 7.66. The lowest BCUT2D eigenvalue weighted by Crippen LogP contribution is -2.54. The van der Waals surface area contributed by atoms with E-state index in [0.717, 1.165) is 12.8 Å². The predicted molar refractivity (Wildman–Crippen MR) is 80.8 cm³/mol. The minimum atomic E-state index is -0.702. The average molecular weight is 380 g/mol. The largest absolute Gasteiger partial charge is 0.337 e. The summed E-state index contributed by atoms with van der Waals surface area (Å²) in [6, 6.07) is -0.249. The van der Waals surface area contributed by atoms with Crippen LogP contribution in [0.25, 0.3) is 0 Å². The first-order chi connectivity index (χ1) is 8.75. The van der Waals surface area contributed by atoms with Gasteiger partial charge in [-0.3, -0.25) is 14.4 Å². The van der Waals surface area contributed by atoms with E-state index in [1.165, 1.54) is 22.6 Å². The molecule has 5 nitrogen and oxygen atoms in total. The maximum Gasteiger partial charge on any atom is 0.298 e. The zero-order valence-corrected chi connectivity index (χ0v) is 13.9. The molecule has 1 fully saturated rings. The summed E-state index contributed by atoms with van der Waals surface area (Å²) in [5.41, 5.74) is 0. The predicted octanol–water partition coefficient (Wildman–Crippen LogP) is 1.49. The fraction of sp³-hybridized carbons (Fsp3) is 0.769. The third kappa shape index (κ3) is 3.90. The number of rotatable bonds is 4. The van der Waals surface area contributed by atoms with E-state index in [0.29, 0.717) is 0 Å². The zero-order valence-electron chi connectivity index (χ0n) is 11.8. The molecule has 0 spiro atoms. The van der Waals surface area contributed by atoms with Gasteiger partial charge < -0.3 is 10.2 Å². The SMILES string of the molecule is CC(C)[C@@H](NC(=O)C(=O)I)C(=O)N1[C@H](C)CC[C@@H]1C. The van der Waals surface area contributed by atoms with Crippen molar-refractivity contribution >= 4 is 38.2 Å². The normalized spacial score (nSPS) is 24.4. The number of carbonyl (C=O) groups is 3. The van der Waals surface area contributed by atoms with E-state index >= 15 is 0 Å². The molecule has 0 aromatic rings. The highest BCUT2D eigenvalue weighted by Crippen LogP contribution is 2.25. The Bertz CT molecular complexity index is 374. The molecule has 0 aromatic carbocycles. The van der Waals surface area contributed by atoms with Gasteiger partial charge in [-0.05, 0) is 32.6 Å². The molecule has 6 heteroatoms. The van der Waals surface area contributed by atoms with Crippen molar-refractivity contribution in [2.75, 3.05) is 0 Å². The number of hydrogen-bond acceptors (Lipinski definition) is 3. The van der Waals surface area contributed by atoms with Crippen molar-refractivity contribution in [3.05, 3.63) is 0 Å². The summed E-state index contributed by atoms with van der Waals surface area (Å²) in [5.74, 6) is -0.835. The second kappa shape index (κ2) is 6.67. The summed E-state index contributed by atoms with van der Waals surface area (Å²) in [6.45, 7) is 7.77. The summed E-state index contributed by atoms with van der Waals surface area (Å²) < 4.78 is -0.599. The zero-order chi connectivity index (χ0) is 14.7. The smallest absolute Gasteiger partial charge is 0.298 e.